The first-order valence-corrected chi connectivity index (χ1v) is 9.69. The van der Waals surface area contributed by atoms with E-state index >= 15 is 0 Å². The van der Waals surface area contributed by atoms with Crippen molar-refractivity contribution in [1.29, 1.82) is 0 Å². The molecule has 21 heavy (non-hydrogen) atoms. The Balaban J connectivity index is 1.90. The summed E-state index contributed by atoms with van der Waals surface area (Å²) in [4.78, 5) is 0.215. The molecule has 1 aromatic rings. The predicted molar refractivity (Wildman–Crippen MR) is 84.9 cm³/mol. The van der Waals surface area contributed by atoms with Crippen LogP contribution in [0.3, 0.4) is 0 Å². The molecule has 1 N–H and O–H groups in total. The van der Waals surface area contributed by atoms with Gasteiger partial charge in [-0.2, -0.15) is 0 Å². The minimum Gasteiger partial charge on any atom is -0.486 e. The monoisotopic (exact) mass is 377 g/mol. The van der Waals surface area contributed by atoms with Crippen molar-refractivity contribution in [2.75, 3.05) is 25.1 Å². The van der Waals surface area contributed by atoms with E-state index in [2.05, 4.69) is 20.7 Å². The molecule has 0 atom stereocenters. The van der Waals surface area contributed by atoms with Gasteiger partial charge in [0, 0.05) is 17.9 Å². The zero-order valence-electron chi connectivity index (χ0n) is 11.8. The minimum absolute atomic E-state index is 0.215. The summed E-state index contributed by atoms with van der Waals surface area (Å²) < 4.78 is 37.8. The molecule has 0 unspecified atom stereocenters. The third kappa shape index (κ3) is 4.86. The van der Waals surface area contributed by atoms with Crippen molar-refractivity contribution in [3.63, 3.8) is 0 Å². The van der Waals surface area contributed by atoms with Gasteiger partial charge in [-0.05, 0) is 25.0 Å². The fourth-order valence-electron chi connectivity index (χ4n) is 2.05. The standard InChI is InChI=1S/C14H20BrNO4S/c15-7-3-1-2-4-8-16-21(17,18)12-5-6-13-14(11-12)20-10-9-19-13/h5-6,11,16H,1-4,7-10H2. The van der Waals surface area contributed by atoms with Gasteiger partial charge in [-0.1, -0.05) is 28.8 Å². The summed E-state index contributed by atoms with van der Waals surface area (Å²) in [6.07, 6.45) is 4.10. The number of hydrogen-bond acceptors (Lipinski definition) is 4. The topological polar surface area (TPSA) is 64.6 Å². The molecule has 0 saturated carbocycles. The van der Waals surface area contributed by atoms with Crippen molar-refractivity contribution in [3.8, 4) is 11.5 Å². The van der Waals surface area contributed by atoms with Gasteiger partial charge in [-0.15, -0.1) is 0 Å². The molecule has 0 aromatic heterocycles. The summed E-state index contributed by atoms with van der Waals surface area (Å²) in [6, 6.07) is 4.70. The van der Waals surface area contributed by atoms with E-state index in [4.69, 9.17) is 9.47 Å². The third-order valence-electron chi connectivity index (χ3n) is 3.18. The lowest BCUT2D eigenvalue weighted by Gasteiger charge is -2.18. The molecule has 1 aliphatic rings. The molecule has 2 rings (SSSR count). The molecule has 0 spiro atoms. The quantitative estimate of drug-likeness (QED) is 0.558. The number of ether oxygens (including phenoxy) is 2. The molecule has 1 aromatic carbocycles. The van der Waals surface area contributed by atoms with Gasteiger partial charge in [0.25, 0.3) is 0 Å². The summed E-state index contributed by atoms with van der Waals surface area (Å²) in [6.45, 7) is 1.39. The van der Waals surface area contributed by atoms with Gasteiger partial charge in [0.1, 0.15) is 13.2 Å². The van der Waals surface area contributed by atoms with Crippen LogP contribution in [-0.2, 0) is 10.0 Å². The Kier molecular flexibility index (Phi) is 6.32. The van der Waals surface area contributed by atoms with Crippen LogP contribution in [0.15, 0.2) is 23.1 Å². The van der Waals surface area contributed by atoms with Gasteiger partial charge in [0.2, 0.25) is 10.0 Å². The first kappa shape index (κ1) is 16.6. The predicted octanol–water partition coefficient (Wildman–Crippen LogP) is 2.69. The Labute approximate surface area is 134 Å². The molecule has 0 radical (unpaired) electrons. The number of sulfonamides is 1. The number of halogens is 1. The van der Waals surface area contributed by atoms with Crippen LogP contribution in [0.4, 0.5) is 0 Å². The number of unbranched alkanes of at least 4 members (excludes halogenated alkanes) is 3. The van der Waals surface area contributed by atoms with Crippen molar-refractivity contribution >= 4 is 26.0 Å². The first-order chi connectivity index (χ1) is 10.1. The number of hydrogen-bond donors (Lipinski definition) is 1. The second-order valence-electron chi connectivity index (χ2n) is 4.81. The maximum absolute atomic E-state index is 12.2. The van der Waals surface area contributed by atoms with Gasteiger partial charge < -0.3 is 9.47 Å². The molecule has 0 amide bonds. The highest BCUT2D eigenvalue weighted by Crippen LogP contribution is 2.32. The Bertz CT molecular complexity index is 562. The van der Waals surface area contributed by atoms with Crippen LogP contribution < -0.4 is 14.2 Å². The summed E-state index contributed by atoms with van der Waals surface area (Å²) in [5.41, 5.74) is 0. The molecule has 0 bridgehead atoms. The minimum atomic E-state index is -3.48. The van der Waals surface area contributed by atoms with E-state index in [-0.39, 0.29) is 4.90 Å². The van der Waals surface area contributed by atoms with E-state index in [1.807, 2.05) is 0 Å². The number of nitrogens with one attached hydrogen (secondary N) is 1. The van der Waals surface area contributed by atoms with Crippen LogP contribution in [0, 0.1) is 0 Å². The lowest BCUT2D eigenvalue weighted by molar-refractivity contribution is 0.171. The number of rotatable bonds is 8. The summed E-state index contributed by atoms with van der Waals surface area (Å²) in [5, 5.41) is 0.996. The van der Waals surface area contributed by atoms with Gasteiger partial charge in [0.15, 0.2) is 11.5 Å². The molecule has 0 aliphatic carbocycles. The smallest absolute Gasteiger partial charge is 0.240 e. The normalized spacial score (nSPS) is 14.1. The second-order valence-corrected chi connectivity index (χ2v) is 7.37. The Hall–Kier alpha value is -0.790. The summed E-state index contributed by atoms with van der Waals surface area (Å²) >= 11 is 3.38. The van der Waals surface area contributed by atoms with Crippen molar-refractivity contribution in [2.24, 2.45) is 0 Å². The highest BCUT2D eigenvalue weighted by Gasteiger charge is 2.18. The van der Waals surface area contributed by atoms with Gasteiger partial charge in [-0.25, -0.2) is 13.1 Å². The molecule has 0 saturated heterocycles. The molecule has 0 fully saturated rings. The third-order valence-corrected chi connectivity index (χ3v) is 5.20. The SMILES string of the molecule is O=S(=O)(NCCCCCCBr)c1ccc2c(c1)OCCO2. The van der Waals surface area contributed by atoms with Gasteiger partial charge >= 0.3 is 0 Å². The van der Waals surface area contributed by atoms with Crippen molar-refractivity contribution in [1.82, 2.24) is 4.72 Å². The summed E-state index contributed by atoms with van der Waals surface area (Å²) in [5.74, 6) is 1.08. The average Bonchev–Trinajstić information content (AvgIpc) is 2.50. The molecule has 118 valence electrons. The van der Waals surface area contributed by atoms with Crippen LogP contribution in [0.1, 0.15) is 25.7 Å². The fourth-order valence-corrected chi connectivity index (χ4v) is 3.54. The van der Waals surface area contributed by atoms with Crippen LogP contribution in [0.25, 0.3) is 0 Å². The van der Waals surface area contributed by atoms with E-state index in [0.717, 1.165) is 31.0 Å². The molecule has 5 nitrogen and oxygen atoms in total. The van der Waals surface area contributed by atoms with Crippen LogP contribution >= 0.6 is 15.9 Å². The maximum atomic E-state index is 12.2. The highest BCUT2D eigenvalue weighted by atomic mass is 79.9. The van der Waals surface area contributed by atoms with Gasteiger partial charge in [0.05, 0.1) is 4.90 Å². The van der Waals surface area contributed by atoms with Crippen molar-refractivity contribution in [2.45, 2.75) is 30.6 Å². The maximum Gasteiger partial charge on any atom is 0.240 e. The van der Waals surface area contributed by atoms with E-state index < -0.39 is 10.0 Å². The van der Waals surface area contributed by atoms with Crippen LogP contribution in [0.2, 0.25) is 0 Å². The van der Waals surface area contributed by atoms with E-state index in [9.17, 15) is 8.42 Å². The van der Waals surface area contributed by atoms with E-state index in [1.54, 1.807) is 12.1 Å². The number of fused-ring (bicyclic) bond motifs is 1. The van der Waals surface area contributed by atoms with Crippen molar-refractivity contribution in [3.05, 3.63) is 18.2 Å². The van der Waals surface area contributed by atoms with Crippen molar-refractivity contribution < 1.29 is 17.9 Å². The molecular weight excluding hydrogens is 358 g/mol. The van der Waals surface area contributed by atoms with E-state index in [0.29, 0.717) is 31.3 Å². The Morgan fingerprint density at radius 3 is 2.52 bits per heavy atom. The number of benzene rings is 1. The Morgan fingerprint density at radius 1 is 1.05 bits per heavy atom. The fraction of sp³-hybridized carbons (Fsp3) is 0.571. The van der Waals surface area contributed by atoms with Gasteiger partial charge in [-0.3, -0.25) is 0 Å². The zero-order chi connectivity index (χ0) is 15.1. The van der Waals surface area contributed by atoms with Crippen LogP contribution in [-0.4, -0.2) is 33.5 Å². The highest BCUT2D eigenvalue weighted by molar-refractivity contribution is 9.09. The molecule has 1 heterocycles. The molecule has 1 aliphatic heterocycles. The lowest BCUT2D eigenvalue weighted by Crippen LogP contribution is -2.25. The zero-order valence-corrected chi connectivity index (χ0v) is 14.2. The number of alkyl halides is 1. The molecular formula is C14H20BrNO4S. The lowest BCUT2D eigenvalue weighted by atomic mass is 10.2. The molecule has 7 heteroatoms. The Morgan fingerprint density at radius 2 is 1.76 bits per heavy atom. The van der Waals surface area contributed by atoms with Crippen LogP contribution in [0.5, 0.6) is 11.5 Å². The average molecular weight is 378 g/mol. The first-order valence-electron chi connectivity index (χ1n) is 7.09. The summed E-state index contributed by atoms with van der Waals surface area (Å²) in [7, 11) is -3.48. The van der Waals surface area contributed by atoms with E-state index in [1.165, 1.54) is 6.07 Å². The second kappa shape index (κ2) is 8.00. The largest absolute Gasteiger partial charge is 0.486 e.